The van der Waals surface area contributed by atoms with Crippen molar-refractivity contribution in [2.75, 3.05) is 32.6 Å². The van der Waals surface area contributed by atoms with Gasteiger partial charge in [-0.1, -0.05) is 31.4 Å². The van der Waals surface area contributed by atoms with Gasteiger partial charge in [0.25, 0.3) is 0 Å². The van der Waals surface area contributed by atoms with Crippen LogP contribution < -0.4 is 9.64 Å². The summed E-state index contributed by atoms with van der Waals surface area (Å²) in [7, 11) is 5.59. The molecule has 4 rings (SSSR count). The number of hydrogen-bond acceptors (Lipinski definition) is 5. The van der Waals surface area contributed by atoms with Crippen molar-refractivity contribution < 1.29 is 9.53 Å². The summed E-state index contributed by atoms with van der Waals surface area (Å²) in [6.45, 7) is 0.823. The lowest BCUT2D eigenvalue weighted by atomic mass is 9.86. The van der Waals surface area contributed by atoms with Crippen molar-refractivity contribution in [3.8, 4) is 16.9 Å². The number of carbonyl (C=O) groups excluding carboxylic acids is 1. The molecule has 0 N–H and O–H groups in total. The van der Waals surface area contributed by atoms with E-state index < -0.39 is 0 Å². The minimum atomic E-state index is 0.00183. The smallest absolute Gasteiger partial charge is 0.226 e. The molecule has 0 radical (unpaired) electrons. The highest BCUT2D eigenvalue weighted by molar-refractivity contribution is 5.80. The lowest BCUT2D eigenvalue weighted by molar-refractivity contribution is -0.140. The average molecular weight is 423 g/mol. The third-order valence-electron chi connectivity index (χ3n) is 6.66. The number of likely N-dealkylation sites (tertiary alicyclic amines) is 1. The Hall–Kier alpha value is -2.63. The van der Waals surface area contributed by atoms with Crippen LogP contribution in [0.15, 0.2) is 30.5 Å². The van der Waals surface area contributed by atoms with Gasteiger partial charge in [0.2, 0.25) is 11.9 Å². The Bertz CT molecular complexity index is 891. The van der Waals surface area contributed by atoms with Crippen molar-refractivity contribution in [3.63, 3.8) is 0 Å². The van der Waals surface area contributed by atoms with E-state index in [1.165, 1.54) is 19.3 Å². The molecule has 0 spiro atoms. The summed E-state index contributed by atoms with van der Waals surface area (Å²) in [5, 5.41) is 0. The second-order valence-electron chi connectivity index (χ2n) is 8.97. The fraction of sp³-hybridized carbons (Fsp3) is 0.560. The molecule has 1 aromatic heterocycles. The molecule has 6 nitrogen and oxygen atoms in total. The topological polar surface area (TPSA) is 58.6 Å². The quantitative estimate of drug-likeness (QED) is 0.689. The third-order valence-corrected chi connectivity index (χ3v) is 6.66. The normalized spacial score (nSPS) is 19.8. The molecule has 1 unspecified atom stereocenters. The molecule has 2 heterocycles. The fourth-order valence-electron chi connectivity index (χ4n) is 4.91. The Morgan fingerprint density at radius 3 is 2.42 bits per heavy atom. The van der Waals surface area contributed by atoms with Gasteiger partial charge in [0, 0.05) is 38.3 Å². The van der Waals surface area contributed by atoms with Gasteiger partial charge in [-0.25, -0.2) is 9.97 Å². The van der Waals surface area contributed by atoms with Crippen LogP contribution in [0.25, 0.3) is 11.1 Å². The number of rotatable bonds is 5. The maximum absolute atomic E-state index is 13.5. The highest BCUT2D eigenvalue weighted by atomic mass is 16.5. The molecular weight excluding hydrogens is 388 g/mol. The van der Waals surface area contributed by atoms with Gasteiger partial charge in [0.1, 0.15) is 5.75 Å². The molecule has 1 aromatic carbocycles. The Morgan fingerprint density at radius 2 is 1.74 bits per heavy atom. The van der Waals surface area contributed by atoms with Crippen molar-refractivity contribution in [2.45, 2.75) is 57.4 Å². The van der Waals surface area contributed by atoms with Crippen molar-refractivity contribution in [1.29, 1.82) is 0 Å². The number of carbonyl (C=O) groups is 1. The summed E-state index contributed by atoms with van der Waals surface area (Å²) in [5.41, 5.74) is 3.02. The molecule has 1 aliphatic carbocycles. The van der Waals surface area contributed by atoms with E-state index in [1.54, 1.807) is 7.11 Å². The highest BCUT2D eigenvalue weighted by Crippen LogP contribution is 2.38. The summed E-state index contributed by atoms with van der Waals surface area (Å²) < 4.78 is 5.33. The van der Waals surface area contributed by atoms with Gasteiger partial charge in [-0.05, 0) is 49.8 Å². The molecule has 1 atom stereocenters. The number of hydrogen-bond donors (Lipinski definition) is 0. The lowest BCUT2D eigenvalue weighted by Gasteiger charge is -2.39. The number of benzene rings is 1. The van der Waals surface area contributed by atoms with E-state index in [9.17, 15) is 4.79 Å². The summed E-state index contributed by atoms with van der Waals surface area (Å²) in [6.07, 6.45) is 10.7. The summed E-state index contributed by atoms with van der Waals surface area (Å²) in [6, 6.07) is 8.02. The van der Waals surface area contributed by atoms with Crippen molar-refractivity contribution >= 4 is 11.9 Å². The molecule has 0 bridgehead atoms. The molecule has 6 heteroatoms. The average Bonchev–Trinajstić information content (AvgIpc) is 2.84. The molecule has 1 saturated heterocycles. The van der Waals surface area contributed by atoms with Crippen LogP contribution in [-0.4, -0.2) is 48.5 Å². The molecule has 2 fully saturated rings. The summed E-state index contributed by atoms with van der Waals surface area (Å²) in [5.74, 6) is 2.01. The van der Waals surface area contributed by atoms with Crippen molar-refractivity contribution in [3.05, 3.63) is 36.2 Å². The van der Waals surface area contributed by atoms with Gasteiger partial charge < -0.3 is 14.5 Å². The predicted octanol–water partition coefficient (Wildman–Crippen LogP) is 4.85. The van der Waals surface area contributed by atoms with Gasteiger partial charge >= 0.3 is 0 Å². The Balaban J connectivity index is 1.73. The molecule has 2 aromatic rings. The van der Waals surface area contributed by atoms with Crippen LogP contribution in [0.3, 0.4) is 0 Å². The van der Waals surface area contributed by atoms with E-state index in [2.05, 4.69) is 9.88 Å². The molecule has 31 heavy (non-hydrogen) atoms. The standard InChI is InChI=1S/C25H34N4O2/c1-28(2)25-26-17-21(18-12-14-20(31-3)15-13-18)23(27-25)22-11-7-8-16-29(22)24(30)19-9-5-4-6-10-19/h12-15,17,19,22H,4-11,16H2,1-3H3. The van der Waals surface area contributed by atoms with Gasteiger partial charge in [-0.2, -0.15) is 0 Å². The monoisotopic (exact) mass is 422 g/mol. The highest BCUT2D eigenvalue weighted by Gasteiger charge is 2.35. The first-order valence-corrected chi connectivity index (χ1v) is 11.6. The zero-order chi connectivity index (χ0) is 21.8. The van der Waals surface area contributed by atoms with E-state index in [1.807, 2.05) is 49.5 Å². The predicted molar refractivity (Wildman–Crippen MR) is 123 cm³/mol. The zero-order valence-corrected chi connectivity index (χ0v) is 19.0. The molecule has 2 aliphatic rings. The fourth-order valence-corrected chi connectivity index (χ4v) is 4.91. The minimum absolute atomic E-state index is 0.00183. The molecule has 1 saturated carbocycles. The maximum atomic E-state index is 13.5. The first-order valence-electron chi connectivity index (χ1n) is 11.6. The molecule has 1 aliphatic heterocycles. The van der Waals surface area contributed by atoms with Crippen molar-refractivity contribution in [1.82, 2.24) is 14.9 Å². The van der Waals surface area contributed by atoms with E-state index in [4.69, 9.17) is 9.72 Å². The van der Waals surface area contributed by atoms with Crippen LogP contribution >= 0.6 is 0 Å². The number of piperidine rings is 1. The Morgan fingerprint density at radius 1 is 1.03 bits per heavy atom. The number of anilines is 1. The number of nitrogens with zero attached hydrogens (tertiary/aromatic N) is 4. The first-order chi connectivity index (χ1) is 15.1. The maximum Gasteiger partial charge on any atom is 0.226 e. The van der Waals surface area contributed by atoms with Gasteiger partial charge in [0.05, 0.1) is 18.8 Å². The van der Waals surface area contributed by atoms with Crippen LogP contribution in [0.2, 0.25) is 0 Å². The van der Waals surface area contributed by atoms with Gasteiger partial charge in [0.15, 0.2) is 0 Å². The van der Waals surface area contributed by atoms with Crippen LogP contribution in [0.5, 0.6) is 5.75 Å². The molecule has 1 amide bonds. The molecular formula is C25H34N4O2. The van der Waals surface area contributed by atoms with Crippen LogP contribution in [-0.2, 0) is 4.79 Å². The zero-order valence-electron chi connectivity index (χ0n) is 19.0. The summed E-state index contributed by atoms with van der Waals surface area (Å²) in [4.78, 5) is 27.2. The Kier molecular flexibility index (Phi) is 6.73. The van der Waals surface area contributed by atoms with E-state index in [-0.39, 0.29) is 12.0 Å². The summed E-state index contributed by atoms with van der Waals surface area (Å²) >= 11 is 0. The SMILES string of the molecule is COc1ccc(-c2cnc(N(C)C)nc2C2CCCCN2C(=O)C2CCCCC2)cc1. The first kappa shape index (κ1) is 21.6. The minimum Gasteiger partial charge on any atom is -0.497 e. The lowest BCUT2D eigenvalue weighted by Crippen LogP contribution is -2.43. The largest absolute Gasteiger partial charge is 0.497 e. The van der Waals surface area contributed by atoms with Crippen LogP contribution in [0, 0.1) is 5.92 Å². The van der Waals surface area contributed by atoms with E-state index in [0.717, 1.165) is 61.2 Å². The van der Waals surface area contributed by atoms with Crippen LogP contribution in [0.4, 0.5) is 5.95 Å². The number of ether oxygens (including phenoxy) is 1. The van der Waals surface area contributed by atoms with Crippen molar-refractivity contribution in [2.24, 2.45) is 5.92 Å². The van der Waals surface area contributed by atoms with Gasteiger partial charge in [-0.3, -0.25) is 4.79 Å². The van der Waals surface area contributed by atoms with E-state index in [0.29, 0.717) is 11.9 Å². The van der Waals surface area contributed by atoms with E-state index >= 15 is 0 Å². The second kappa shape index (κ2) is 9.67. The number of amides is 1. The second-order valence-corrected chi connectivity index (χ2v) is 8.97. The Labute approximate surface area is 185 Å². The molecule has 166 valence electrons. The third kappa shape index (κ3) is 4.68. The van der Waals surface area contributed by atoms with Gasteiger partial charge in [-0.15, -0.1) is 0 Å². The number of methoxy groups -OCH3 is 1. The number of aromatic nitrogens is 2. The van der Waals surface area contributed by atoms with Crippen LogP contribution in [0.1, 0.15) is 63.1 Å².